The van der Waals surface area contributed by atoms with E-state index < -0.39 is 12.1 Å². The fraction of sp³-hybridized carbons (Fsp3) is 0.462. The van der Waals surface area contributed by atoms with Gasteiger partial charge in [0.05, 0.1) is 6.54 Å². The van der Waals surface area contributed by atoms with Crippen molar-refractivity contribution in [2.45, 2.75) is 45.3 Å². The third kappa shape index (κ3) is 8.09. The monoisotopic (exact) mass is 455 g/mol. The lowest BCUT2D eigenvalue weighted by atomic mass is 9.85. The standard InChI is InChI=1S/C26H33NO6/c1-2-31-24(25(28)29)17-20-11-13-23(14-12-20)32-16-15-27(18-21-9-6-10-21)26(30)33-19-22-7-4-3-5-8-22/h3-5,7-8,11-14,21,24H,2,6,9-10,15-19H2,1H3,(H,28,29). The first-order valence-electron chi connectivity index (χ1n) is 11.6. The zero-order valence-electron chi connectivity index (χ0n) is 19.2. The first kappa shape index (κ1) is 24.6. The molecule has 1 fully saturated rings. The van der Waals surface area contributed by atoms with E-state index in [2.05, 4.69) is 0 Å². The summed E-state index contributed by atoms with van der Waals surface area (Å²) in [5.74, 6) is 0.229. The second-order valence-electron chi connectivity index (χ2n) is 8.26. The van der Waals surface area contributed by atoms with Crippen LogP contribution in [0.25, 0.3) is 0 Å². The predicted octanol–water partition coefficient (Wildman–Crippen LogP) is 4.54. The molecule has 1 amide bonds. The van der Waals surface area contributed by atoms with Gasteiger partial charge in [0, 0.05) is 19.6 Å². The highest BCUT2D eigenvalue weighted by Crippen LogP contribution is 2.27. The topological polar surface area (TPSA) is 85.3 Å². The maximum absolute atomic E-state index is 12.7. The molecule has 0 bridgehead atoms. The first-order valence-corrected chi connectivity index (χ1v) is 11.6. The largest absolute Gasteiger partial charge is 0.492 e. The van der Waals surface area contributed by atoms with Gasteiger partial charge < -0.3 is 24.2 Å². The minimum absolute atomic E-state index is 0.252. The number of benzene rings is 2. The number of carbonyl (C=O) groups excluding carboxylic acids is 1. The summed E-state index contributed by atoms with van der Waals surface area (Å²) >= 11 is 0. The van der Waals surface area contributed by atoms with Crippen molar-refractivity contribution in [1.82, 2.24) is 4.90 Å². The molecule has 0 saturated heterocycles. The molecule has 3 rings (SSSR count). The van der Waals surface area contributed by atoms with Crippen LogP contribution < -0.4 is 4.74 Å². The molecule has 2 aromatic carbocycles. The van der Waals surface area contributed by atoms with E-state index >= 15 is 0 Å². The van der Waals surface area contributed by atoms with Crippen LogP contribution in [0.5, 0.6) is 5.75 Å². The molecule has 0 aliphatic heterocycles. The van der Waals surface area contributed by atoms with E-state index in [-0.39, 0.29) is 12.7 Å². The van der Waals surface area contributed by atoms with Crippen molar-refractivity contribution in [1.29, 1.82) is 0 Å². The molecule has 1 saturated carbocycles. The van der Waals surface area contributed by atoms with Crippen LogP contribution in [0.2, 0.25) is 0 Å². The zero-order chi connectivity index (χ0) is 23.5. The summed E-state index contributed by atoms with van der Waals surface area (Å²) in [6.07, 6.45) is 2.62. The van der Waals surface area contributed by atoms with E-state index in [1.807, 2.05) is 54.6 Å². The van der Waals surface area contributed by atoms with E-state index in [9.17, 15) is 14.7 Å². The number of carboxylic acids is 1. The van der Waals surface area contributed by atoms with Crippen LogP contribution in [0, 0.1) is 5.92 Å². The van der Waals surface area contributed by atoms with Crippen LogP contribution >= 0.6 is 0 Å². The van der Waals surface area contributed by atoms with E-state index in [1.54, 1.807) is 11.8 Å². The molecule has 0 radical (unpaired) electrons. The summed E-state index contributed by atoms with van der Waals surface area (Å²) in [5, 5.41) is 9.23. The average Bonchev–Trinajstić information content (AvgIpc) is 2.79. The Morgan fingerprint density at radius 1 is 1.06 bits per heavy atom. The van der Waals surface area contributed by atoms with Gasteiger partial charge in [0.1, 0.15) is 19.0 Å². The summed E-state index contributed by atoms with van der Waals surface area (Å²) in [4.78, 5) is 25.7. The molecule has 2 aromatic rings. The summed E-state index contributed by atoms with van der Waals surface area (Å²) < 4.78 is 16.6. The number of ether oxygens (including phenoxy) is 3. The number of aliphatic carboxylic acids is 1. The molecule has 1 unspecified atom stereocenters. The number of amides is 1. The van der Waals surface area contributed by atoms with E-state index in [0.29, 0.717) is 44.4 Å². The zero-order valence-corrected chi connectivity index (χ0v) is 19.2. The van der Waals surface area contributed by atoms with Crippen molar-refractivity contribution < 1.29 is 28.9 Å². The van der Waals surface area contributed by atoms with Gasteiger partial charge in [-0.05, 0) is 48.9 Å². The van der Waals surface area contributed by atoms with E-state index in [4.69, 9.17) is 14.2 Å². The Bertz CT molecular complexity index is 866. The van der Waals surface area contributed by atoms with Crippen LogP contribution in [0.15, 0.2) is 54.6 Å². The number of nitrogens with zero attached hydrogens (tertiary/aromatic N) is 1. The lowest BCUT2D eigenvalue weighted by Gasteiger charge is -2.31. The Kier molecular flexibility index (Phi) is 9.57. The van der Waals surface area contributed by atoms with Crippen LogP contribution in [-0.2, 0) is 27.3 Å². The molecule has 0 aromatic heterocycles. The Labute approximate surface area is 195 Å². The lowest BCUT2D eigenvalue weighted by molar-refractivity contribution is -0.149. The van der Waals surface area contributed by atoms with Gasteiger partial charge >= 0.3 is 12.1 Å². The van der Waals surface area contributed by atoms with Gasteiger partial charge in [-0.1, -0.05) is 48.9 Å². The fourth-order valence-electron chi connectivity index (χ4n) is 3.68. The molecular weight excluding hydrogens is 422 g/mol. The van der Waals surface area contributed by atoms with Crippen LogP contribution in [0.1, 0.15) is 37.3 Å². The minimum atomic E-state index is -0.970. The highest BCUT2D eigenvalue weighted by molar-refractivity contribution is 5.72. The van der Waals surface area contributed by atoms with Crippen LogP contribution in [0.3, 0.4) is 0 Å². The van der Waals surface area contributed by atoms with Crippen molar-refractivity contribution in [2.24, 2.45) is 5.92 Å². The second-order valence-corrected chi connectivity index (χ2v) is 8.26. The molecule has 33 heavy (non-hydrogen) atoms. The molecule has 7 nitrogen and oxygen atoms in total. The molecule has 0 heterocycles. The van der Waals surface area contributed by atoms with Gasteiger partial charge in [-0.15, -0.1) is 0 Å². The second kappa shape index (κ2) is 12.8. The minimum Gasteiger partial charge on any atom is -0.492 e. The number of hydrogen-bond donors (Lipinski definition) is 1. The molecule has 178 valence electrons. The van der Waals surface area contributed by atoms with Gasteiger partial charge in [-0.2, -0.15) is 0 Å². The smallest absolute Gasteiger partial charge is 0.410 e. The van der Waals surface area contributed by atoms with Gasteiger partial charge in [-0.25, -0.2) is 9.59 Å². The molecule has 1 atom stereocenters. The summed E-state index contributed by atoms with van der Waals surface area (Å²) in [6.45, 7) is 3.86. The Hall–Kier alpha value is -3.06. The van der Waals surface area contributed by atoms with Crippen molar-refractivity contribution in [3.05, 3.63) is 65.7 Å². The Morgan fingerprint density at radius 3 is 2.39 bits per heavy atom. The Morgan fingerprint density at radius 2 is 1.79 bits per heavy atom. The highest BCUT2D eigenvalue weighted by atomic mass is 16.6. The number of carbonyl (C=O) groups is 2. The maximum atomic E-state index is 12.7. The molecule has 1 aliphatic rings. The maximum Gasteiger partial charge on any atom is 0.410 e. The third-order valence-electron chi connectivity index (χ3n) is 5.78. The number of hydrogen-bond acceptors (Lipinski definition) is 5. The average molecular weight is 456 g/mol. The predicted molar refractivity (Wildman–Crippen MR) is 124 cm³/mol. The van der Waals surface area contributed by atoms with Crippen LogP contribution in [0.4, 0.5) is 4.79 Å². The molecule has 1 N–H and O–H groups in total. The normalized spacial score (nSPS) is 14.2. The van der Waals surface area contributed by atoms with Crippen molar-refractivity contribution in [3.63, 3.8) is 0 Å². The fourth-order valence-corrected chi connectivity index (χ4v) is 3.68. The summed E-state index contributed by atoms with van der Waals surface area (Å²) in [7, 11) is 0. The van der Waals surface area contributed by atoms with Crippen molar-refractivity contribution in [2.75, 3.05) is 26.3 Å². The first-order chi connectivity index (χ1) is 16.0. The highest BCUT2D eigenvalue weighted by Gasteiger charge is 2.24. The molecule has 7 heteroatoms. The molecular formula is C26H33NO6. The Balaban J connectivity index is 1.48. The van der Waals surface area contributed by atoms with Gasteiger partial charge in [0.25, 0.3) is 0 Å². The van der Waals surface area contributed by atoms with Crippen molar-refractivity contribution in [3.8, 4) is 5.75 Å². The molecule has 0 spiro atoms. The molecule has 1 aliphatic carbocycles. The third-order valence-corrected chi connectivity index (χ3v) is 5.78. The van der Waals surface area contributed by atoms with Gasteiger partial charge in [0.2, 0.25) is 0 Å². The summed E-state index contributed by atoms with van der Waals surface area (Å²) in [5.41, 5.74) is 1.82. The van der Waals surface area contributed by atoms with Gasteiger partial charge in [-0.3, -0.25) is 0 Å². The number of rotatable bonds is 13. The van der Waals surface area contributed by atoms with Crippen LogP contribution in [-0.4, -0.2) is 54.5 Å². The lowest BCUT2D eigenvalue weighted by Crippen LogP contribution is -2.40. The van der Waals surface area contributed by atoms with Crippen molar-refractivity contribution >= 4 is 12.1 Å². The summed E-state index contributed by atoms with van der Waals surface area (Å²) in [6, 6.07) is 16.9. The SMILES string of the molecule is CCOC(Cc1ccc(OCCN(CC2CCC2)C(=O)OCc2ccccc2)cc1)C(=O)O. The van der Waals surface area contributed by atoms with E-state index in [1.165, 1.54) is 6.42 Å². The number of carboxylic acid groups (broad SMARTS) is 1. The van der Waals surface area contributed by atoms with E-state index in [0.717, 1.165) is 24.0 Å². The van der Waals surface area contributed by atoms with Gasteiger partial charge in [0.15, 0.2) is 6.10 Å². The quantitative estimate of drug-likeness (QED) is 0.477.